The van der Waals surface area contributed by atoms with Crippen LogP contribution in [0.4, 0.5) is 0 Å². The Balaban J connectivity index is 1.36. The number of aliphatic hydroxyl groups is 1. The van der Waals surface area contributed by atoms with Crippen LogP contribution in [0.5, 0.6) is 0 Å². The molecule has 1 heterocycles. The van der Waals surface area contributed by atoms with Crippen molar-refractivity contribution in [1.82, 2.24) is 15.3 Å². The van der Waals surface area contributed by atoms with Crippen molar-refractivity contribution in [2.75, 3.05) is 13.7 Å². The molecule has 5 heteroatoms. The molecule has 5 nitrogen and oxygen atoms in total. The van der Waals surface area contributed by atoms with Crippen LogP contribution in [-0.2, 0) is 11.2 Å². The van der Waals surface area contributed by atoms with Gasteiger partial charge in [0.2, 0.25) is 0 Å². The van der Waals surface area contributed by atoms with Gasteiger partial charge in [-0.3, -0.25) is 0 Å². The molecule has 38 heavy (non-hydrogen) atoms. The Hall–Kier alpha value is -0.910. The van der Waals surface area contributed by atoms with Crippen molar-refractivity contribution >= 4 is 0 Å². The van der Waals surface area contributed by atoms with E-state index in [0.29, 0.717) is 11.3 Å². The van der Waals surface area contributed by atoms with E-state index >= 15 is 0 Å². The molecule has 4 aliphatic rings. The van der Waals surface area contributed by atoms with Gasteiger partial charge in [-0.2, -0.15) is 0 Å². The minimum absolute atomic E-state index is 0.0428. The quantitative estimate of drug-likeness (QED) is 0.314. The van der Waals surface area contributed by atoms with Crippen LogP contribution < -0.4 is 5.32 Å². The van der Waals surface area contributed by atoms with Gasteiger partial charge in [0.25, 0.3) is 0 Å². The number of aromatic nitrogens is 2. The predicted octanol–water partition coefficient (Wildman–Crippen LogP) is 6.77. The zero-order valence-corrected chi connectivity index (χ0v) is 25.3. The topological polar surface area (TPSA) is 70.2 Å². The molecule has 1 unspecified atom stereocenters. The first-order chi connectivity index (χ1) is 18.1. The molecule has 3 N–H and O–H groups in total. The number of hydrogen-bond donors (Lipinski definition) is 3. The molecule has 0 aliphatic heterocycles. The fourth-order valence-corrected chi connectivity index (χ4v) is 10.6. The van der Waals surface area contributed by atoms with E-state index in [0.717, 1.165) is 73.9 Å². The molecule has 10 atom stereocenters. The first kappa shape index (κ1) is 28.6. The Kier molecular flexibility index (Phi) is 8.41. The van der Waals surface area contributed by atoms with Crippen molar-refractivity contribution in [3.8, 4) is 0 Å². The molecule has 216 valence electrons. The van der Waals surface area contributed by atoms with Crippen LogP contribution in [0.2, 0.25) is 0 Å². The summed E-state index contributed by atoms with van der Waals surface area (Å²) >= 11 is 0. The fourth-order valence-electron chi connectivity index (χ4n) is 10.6. The van der Waals surface area contributed by atoms with E-state index in [1.165, 1.54) is 44.9 Å². The molecule has 4 fully saturated rings. The molecular weight excluding hydrogens is 470 g/mol. The van der Waals surface area contributed by atoms with E-state index in [4.69, 9.17) is 4.74 Å². The number of rotatable bonds is 10. The SMILES string of the molecule is CO[C@H]1CC[C@]2(C)[C@H]3CC[C@]4(C)[C@@H](C(C)CCCC(C)C)CC[C@H]4[C@@H]3C[C@@H](NCCc3cnc[nH]3)[C@@]2(O)C1. The summed E-state index contributed by atoms with van der Waals surface area (Å²) < 4.78 is 5.87. The third-order valence-electron chi connectivity index (χ3n) is 12.7. The van der Waals surface area contributed by atoms with Crippen molar-refractivity contribution < 1.29 is 9.84 Å². The number of aromatic amines is 1. The Morgan fingerprint density at radius 2 is 1.92 bits per heavy atom. The van der Waals surface area contributed by atoms with Crippen molar-refractivity contribution in [3.63, 3.8) is 0 Å². The van der Waals surface area contributed by atoms with E-state index in [-0.39, 0.29) is 17.6 Å². The minimum atomic E-state index is -0.711. The number of fused-ring (bicyclic) bond motifs is 5. The molecule has 0 spiro atoms. The predicted molar refractivity (Wildman–Crippen MR) is 155 cm³/mol. The third-order valence-corrected chi connectivity index (χ3v) is 12.7. The molecule has 0 amide bonds. The second-order valence-electron chi connectivity index (χ2n) is 14.9. The van der Waals surface area contributed by atoms with Gasteiger partial charge in [-0.25, -0.2) is 4.98 Å². The summed E-state index contributed by atoms with van der Waals surface area (Å²) in [7, 11) is 1.83. The van der Waals surface area contributed by atoms with E-state index in [2.05, 4.69) is 49.9 Å². The number of nitrogens with zero attached hydrogens (tertiary/aromatic N) is 1. The van der Waals surface area contributed by atoms with E-state index in [1.807, 2.05) is 13.3 Å². The number of ether oxygens (including phenoxy) is 1. The highest BCUT2D eigenvalue weighted by Crippen LogP contribution is 2.69. The molecule has 0 aromatic carbocycles. The number of H-pyrrole nitrogens is 1. The second kappa shape index (κ2) is 11.2. The van der Waals surface area contributed by atoms with Crippen LogP contribution in [0.25, 0.3) is 0 Å². The van der Waals surface area contributed by atoms with Gasteiger partial charge in [0.15, 0.2) is 0 Å². The molecule has 4 aliphatic carbocycles. The summed E-state index contributed by atoms with van der Waals surface area (Å²) in [6.45, 7) is 13.3. The highest BCUT2D eigenvalue weighted by atomic mass is 16.5. The average molecular weight is 528 g/mol. The van der Waals surface area contributed by atoms with Crippen molar-refractivity contribution in [2.45, 2.75) is 129 Å². The van der Waals surface area contributed by atoms with Gasteiger partial charge in [-0.05, 0) is 85.9 Å². The maximum Gasteiger partial charge on any atom is 0.0921 e. The van der Waals surface area contributed by atoms with Gasteiger partial charge < -0.3 is 20.1 Å². The zero-order chi connectivity index (χ0) is 27.1. The lowest BCUT2D eigenvalue weighted by Crippen LogP contribution is -2.71. The molecular formula is C33H57N3O2. The fraction of sp³-hybridized carbons (Fsp3) is 0.909. The number of methoxy groups -OCH3 is 1. The van der Waals surface area contributed by atoms with Gasteiger partial charge in [-0.15, -0.1) is 0 Å². The third kappa shape index (κ3) is 4.91. The highest BCUT2D eigenvalue weighted by Gasteiger charge is 2.67. The highest BCUT2D eigenvalue weighted by molar-refractivity contribution is 5.19. The summed E-state index contributed by atoms with van der Waals surface area (Å²) in [6.07, 6.45) is 18.4. The normalized spacial score (nSPS) is 43.5. The summed E-state index contributed by atoms with van der Waals surface area (Å²) in [6, 6.07) is 0.125. The van der Waals surface area contributed by atoms with Crippen molar-refractivity contribution in [1.29, 1.82) is 0 Å². The number of imidazole rings is 1. The molecule has 4 saturated carbocycles. The number of hydrogen-bond acceptors (Lipinski definition) is 4. The first-order valence-electron chi connectivity index (χ1n) is 16.1. The number of nitrogens with one attached hydrogen (secondary N) is 2. The van der Waals surface area contributed by atoms with Crippen LogP contribution >= 0.6 is 0 Å². The maximum atomic E-state index is 12.6. The summed E-state index contributed by atoms with van der Waals surface area (Å²) in [5.41, 5.74) is 0.874. The molecule has 5 rings (SSSR count). The Bertz CT molecular complexity index is 904. The van der Waals surface area contributed by atoms with Crippen LogP contribution in [-0.4, -0.2) is 46.5 Å². The summed E-state index contributed by atoms with van der Waals surface area (Å²) in [5, 5.41) is 16.5. The van der Waals surface area contributed by atoms with Gasteiger partial charge in [0.05, 0.1) is 18.0 Å². The summed E-state index contributed by atoms with van der Waals surface area (Å²) in [4.78, 5) is 7.44. The maximum absolute atomic E-state index is 12.6. The Labute approximate surface area is 232 Å². The Morgan fingerprint density at radius 3 is 2.63 bits per heavy atom. The molecule has 0 bridgehead atoms. The van der Waals surface area contributed by atoms with Crippen LogP contribution in [0.3, 0.4) is 0 Å². The lowest BCUT2D eigenvalue weighted by atomic mass is 9.42. The largest absolute Gasteiger partial charge is 0.388 e. The van der Waals surface area contributed by atoms with Crippen molar-refractivity contribution in [3.05, 3.63) is 18.2 Å². The van der Waals surface area contributed by atoms with Crippen LogP contribution in [0.15, 0.2) is 12.5 Å². The van der Waals surface area contributed by atoms with Gasteiger partial charge >= 0.3 is 0 Å². The first-order valence-corrected chi connectivity index (χ1v) is 16.1. The van der Waals surface area contributed by atoms with E-state index < -0.39 is 5.60 Å². The smallest absolute Gasteiger partial charge is 0.0921 e. The lowest BCUT2D eigenvalue weighted by Gasteiger charge is -2.66. The molecule has 1 aromatic heterocycles. The monoisotopic (exact) mass is 527 g/mol. The van der Waals surface area contributed by atoms with Gasteiger partial charge in [-0.1, -0.05) is 53.9 Å². The van der Waals surface area contributed by atoms with Crippen LogP contribution in [0.1, 0.15) is 111 Å². The van der Waals surface area contributed by atoms with Crippen molar-refractivity contribution in [2.24, 2.45) is 46.3 Å². The Morgan fingerprint density at radius 1 is 1.11 bits per heavy atom. The minimum Gasteiger partial charge on any atom is -0.388 e. The van der Waals surface area contributed by atoms with Gasteiger partial charge in [0.1, 0.15) is 0 Å². The zero-order valence-electron chi connectivity index (χ0n) is 25.3. The molecule has 0 saturated heterocycles. The van der Waals surface area contributed by atoms with Crippen LogP contribution in [0, 0.1) is 46.3 Å². The average Bonchev–Trinajstić information content (AvgIpc) is 3.52. The standard InChI is InChI=1S/C33H57N3O2/c1-22(2)8-7-9-23(3)27-10-11-28-26-18-30(35-17-14-24-20-34-21-36-24)33(37)19-25(38-6)12-16-32(33,5)29(26)13-15-31(27,28)4/h20-23,25-30,35,37H,7-19H2,1-6H3,(H,34,36)/t23?,25-,26-,27+,28-,29-,30+,31+,32+,33-/m0/s1. The van der Waals surface area contributed by atoms with E-state index in [9.17, 15) is 5.11 Å². The van der Waals surface area contributed by atoms with E-state index in [1.54, 1.807) is 6.33 Å². The lowest BCUT2D eigenvalue weighted by molar-refractivity contribution is -0.236. The summed E-state index contributed by atoms with van der Waals surface area (Å²) in [5.74, 6) is 4.66. The molecule has 1 aromatic rings. The van der Waals surface area contributed by atoms with Gasteiger partial charge in [0, 0.05) is 49.8 Å². The second-order valence-corrected chi connectivity index (χ2v) is 14.9. The molecule has 0 radical (unpaired) electrons.